The van der Waals surface area contributed by atoms with Gasteiger partial charge in [-0.2, -0.15) is 11.8 Å². The van der Waals surface area contributed by atoms with Crippen LogP contribution >= 0.6 is 11.8 Å². The largest absolute Gasteiger partial charge is 0.375 e. The van der Waals surface area contributed by atoms with Gasteiger partial charge >= 0.3 is 0 Å². The first-order valence-corrected chi connectivity index (χ1v) is 15.2. The molecule has 0 aliphatic rings. The predicted molar refractivity (Wildman–Crippen MR) is 157 cm³/mol. The van der Waals surface area contributed by atoms with E-state index in [-0.39, 0.29) is 5.92 Å². The number of thioether (sulfide) groups is 1. The van der Waals surface area contributed by atoms with E-state index in [4.69, 9.17) is 0 Å². The lowest BCUT2D eigenvalue weighted by Crippen LogP contribution is -2.31. The summed E-state index contributed by atoms with van der Waals surface area (Å²) in [5.74, 6) is 3.13. The normalized spacial score (nSPS) is 13.5. The van der Waals surface area contributed by atoms with Gasteiger partial charge in [-0.15, -0.1) is 0 Å². The van der Waals surface area contributed by atoms with E-state index in [0.29, 0.717) is 23.7 Å². The van der Waals surface area contributed by atoms with E-state index in [2.05, 4.69) is 71.5 Å². The zero-order valence-electron chi connectivity index (χ0n) is 24.3. The van der Waals surface area contributed by atoms with Gasteiger partial charge in [-0.25, -0.2) is 0 Å². The Morgan fingerprint density at radius 1 is 0.765 bits per heavy atom. The first-order chi connectivity index (χ1) is 16.0. The molecule has 0 aromatic rings. The van der Waals surface area contributed by atoms with Crippen molar-refractivity contribution in [3.8, 4) is 0 Å². The number of carbonyl (C=O) groups is 1. The van der Waals surface area contributed by atoms with E-state index >= 15 is 0 Å². The average Bonchev–Trinajstić information content (AvgIpc) is 2.76. The monoisotopic (exact) mass is 493 g/mol. The lowest BCUT2D eigenvalue weighted by Gasteiger charge is -2.33. The van der Waals surface area contributed by atoms with Crippen LogP contribution in [0.2, 0.25) is 0 Å². The molecule has 0 aliphatic carbocycles. The van der Waals surface area contributed by atoms with Gasteiger partial charge in [0.05, 0.1) is 0 Å². The topological polar surface area (TPSA) is 20.3 Å². The second-order valence-corrected chi connectivity index (χ2v) is 13.2. The summed E-state index contributed by atoms with van der Waals surface area (Å²) in [5, 5.41) is 0.745. The third-order valence-electron chi connectivity index (χ3n) is 7.13. The molecule has 2 nitrogen and oxygen atoms in total. The third-order valence-corrected chi connectivity index (χ3v) is 8.32. The zero-order valence-corrected chi connectivity index (χ0v) is 25.1. The molecule has 0 aromatic heterocycles. The molecule has 2 atom stereocenters. The lowest BCUT2D eigenvalue weighted by atomic mass is 9.94. The molecule has 0 radical (unpaired) electrons. The third kappa shape index (κ3) is 16.8. The summed E-state index contributed by atoms with van der Waals surface area (Å²) in [6, 6.07) is 0.531. The van der Waals surface area contributed by atoms with Crippen LogP contribution in [0.4, 0.5) is 0 Å². The van der Waals surface area contributed by atoms with Crippen LogP contribution in [-0.4, -0.2) is 34.8 Å². The van der Waals surface area contributed by atoms with Crippen LogP contribution in [0.15, 0.2) is 24.4 Å². The molecule has 0 saturated heterocycles. The Kier molecular flexibility index (Phi) is 19.1. The molecule has 0 aromatic carbocycles. The highest BCUT2D eigenvalue weighted by molar-refractivity contribution is 7.99. The summed E-state index contributed by atoms with van der Waals surface area (Å²) >= 11 is 2.08. The highest BCUT2D eigenvalue weighted by Crippen LogP contribution is 2.25. The van der Waals surface area contributed by atoms with E-state index < -0.39 is 0 Å². The Morgan fingerprint density at radius 3 is 1.85 bits per heavy atom. The van der Waals surface area contributed by atoms with Crippen molar-refractivity contribution >= 4 is 17.5 Å². The SMILES string of the molecule is C=C(CCCCC(CCCCC(=O)C(C)C)N(C)C(=C)CC(C)CCCCSC(C)C)C(C)C. The second-order valence-electron chi connectivity index (χ2n) is 11.5. The molecule has 200 valence electrons. The number of allylic oxidation sites excluding steroid dienone is 2. The number of hydrogen-bond acceptors (Lipinski definition) is 3. The number of rotatable bonds is 22. The summed E-state index contributed by atoms with van der Waals surface area (Å²) in [6.45, 7) is 24.2. The first-order valence-electron chi connectivity index (χ1n) is 14.2. The average molecular weight is 494 g/mol. The zero-order chi connectivity index (χ0) is 26.1. The highest BCUT2D eigenvalue weighted by Gasteiger charge is 2.18. The van der Waals surface area contributed by atoms with Crippen LogP contribution in [-0.2, 0) is 4.79 Å². The molecule has 2 unspecified atom stereocenters. The number of ketones is 1. The van der Waals surface area contributed by atoms with Crippen LogP contribution < -0.4 is 0 Å². The van der Waals surface area contributed by atoms with Gasteiger partial charge in [0.2, 0.25) is 0 Å². The maximum atomic E-state index is 12.0. The minimum Gasteiger partial charge on any atom is -0.375 e. The van der Waals surface area contributed by atoms with Gasteiger partial charge in [-0.05, 0) is 67.8 Å². The molecule has 3 heteroatoms. The van der Waals surface area contributed by atoms with E-state index in [0.717, 1.165) is 43.8 Å². The maximum Gasteiger partial charge on any atom is 0.135 e. The molecule has 0 fully saturated rings. The summed E-state index contributed by atoms with van der Waals surface area (Å²) < 4.78 is 0. The molecule has 0 heterocycles. The molecule has 0 aliphatic heterocycles. The van der Waals surface area contributed by atoms with Crippen molar-refractivity contribution in [3.05, 3.63) is 24.4 Å². The van der Waals surface area contributed by atoms with Gasteiger partial charge in [0, 0.05) is 31.1 Å². The van der Waals surface area contributed by atoms with Crippen molar-refractivity contribution in [2.45, 2.75) is 137 Å². The van der Waals surface area contributed by atoms with E-state index in [1.165, 1.54) is 55.5 Å². The Balaban J connectivity index is 4.64. The second kappa shape index (κ2) is 19.5. The number of nitrogens with zero attached hydrogens (tertiary/aromatic N) is 1. The summed E-state index contributed by atoms with van der Waals surface area (Å²) in [5.41, 5.74) is 2.67. The van der Waals surface area contributed by atoms with Gasteiger partial charge < -0.3 is 4.90 Å². The number of carbonyl (C=O) groups excluding carboxylic acids is 1. The van der Waals surface area contributed by atoms with Crippen molar-refractivity contribution in [1.82, 2.24) is 4.90 Å². The quantitative estimate of drug-likeness (QED) is 0.111. The fraction of sp³-hybridized carbons (Fsp3) is 0.839. The lowest BCUT2D eigenvalue weighted by molar-refractivity contribution is -0.122. The maximum absolute atomic E-state index is 12.0. The van der Waals surface area contributed by atoms with Gasteiger partial charge in [0.25, 0.3) is 0 Å². The van der Waals surface area contributed by atoms with Crippen LogP contribution in [0, 0.1) is 17.8 Å². The minimum atomic E-state index is 0.165. The van der Waals surface area contributed by atoms with Crippen LogP contribution in [0.3, 0.4) is 0 Å². The molecule has 0 N–H and O–H groups in total. The summed E-state index contributed by atoms with van der Waals surface area (Å²) in [4.78, 5) is 14.5. The minimum absolute atomic E-state index is 0.165. The number of hydrogen-bond donors (Lipinski definition) is 0. The molecular weight excluding hydrogens is 434 g/mol. The van der Waals surface area contributed by atoms with Crippen LogP contribution in [0.25, 0.3) is 0 Å². The number of Topliss-reactive ketones (excluding diaryl/α,β-unsaturated/α-hetero) is 1. The van der Waals surface area contributed by atoms with Gasteiger partial charge in [0.15, 0.2) is 0 Å². The van der Waals surface area contributed by atoms with Crippen LogP contribution in [0.1, 0.15) is 126 Å². The van der Waals surface area contributed by atoms with Crippen molar-refractivity contribution in [2.24, 2.45) is 17.8 Å². The number of unbranched alkanes of at least 4 members (excludes halogenated alkanes) is 3. The van der Waals surface area contributed by atoms with Gasteiger partial charge in [0.1, 0.15) is 5.78 Å². The molecule has 0 spiro atoms. The van der Waals surface area contributed by atoms with Crippen molar-refractivity contribution in [1.29, 1.82) is 0 Å². The van der Waals surface area contributed by atoms with E-state index in [9.17, 15) is 4.79 Å². The highest BCUT2D eigenvalue weighted by atomic mass is 32.2. The Hall–Kier alpha value is -0.700. The fourth-order valence-corrected chi connectivity index (χ4v) is 5.18. The molecule has 0 rings (SSSR count). The van der Waals surface area contributed by atoms with Crippen molar-refractivity contribution in [3.63, 3.8) is 0 Å². The Bertz CT molecular complexity index is 538. The van der Waals surface area contributed by atoms with Crippen molar-refractivity contribution in [2.75, 3.05) is 12.8 Å². The van der Waals surface area contributed by atoms with E-state index in [1.54, 1.807) is 0 Å². The van der Waals surface area contributed by atoms with Gasteiger partial charge in [-0.3, -0.25) is 4.79 Å². The molecule has 0 amide bonds. The predicted octanol–water partition coefficient (Wildman–Crippen LogP) is 9.70. The molecule has 0 saturated carbocycles. The van der Waals surface area contributed by atoms with Crippen molar-refractivity contribution < 1.29 is 4.79 Å². The van der Waals surface area contributed by atoms with Crippen LogP contribution in [0.5, 0.6) is 0 Å². The standard InChI is InChI=1S/C31H59NOS/c1-24(2)28(8)18-11-12-19-30(20-13-14-21-31(33)25(3)4)32(10)29(9)23-27(7)17-15-16-22-34-26(5)6/h24-27,30H,8-9,11-23H2,1-7,10H3. The Labute approximate surface area is 218 Å². The summed E-state index contributed by atoms with van der Waals surface area (Å²) in [6.07, 6.45) is 13.9. The molecule has 0 bridgehead atoms. The first kappa shape index (κ1) is 33.3. The van der Waals surface area contributed by atoms with Gasteiger partial charge in [-0.1, -0.05) is 92.9 Å². The van der Waals surface area contributed by atoms with E-state index in [1.807, 2.05) is 13.8 Å². The molecular formula is C31H59NOS. The summed E-state index contributed by atoms with van der Waals surface area (Å²) in [7, 11) is 2.26. The molecule has 34 heavy (non-hydrogen) atoms. The fourth-order valence-electron chi connectivity index (χ4n) is 4.34. The smallest absolute Gasteiger partial charge is 0.135 e. The Morgan fingerprint density at radius 2 is 1.32 bits per heavy atom.